The number of terminal acetylenes is 1. The summed E-state index contributed by atoms with van der Waals surface area (Å²) in [5.74, 6) is 7.35. The number of hydrogen-bond acceptors (Lipinski definition) is 4. The number of imidazole rings is 1. The van der Waals surface area contributed by atoms with Gasteiger partial charge in [0.25, 0.3) is 0 Å². The quantitative estimate of drug-likeness (QED) is 0.464. The van der Waals surface area contributed by atoms with E-state index in [0.29, 0.717) is 0 Å². The van der Waals surface area contributed by atoms with E-state index in [-0.39, 0.29) is 0 Å². The highest BCUT2D eigenvalue weighted by molar-refractivity contribution is 5.69. The molecule has 1 heterocycles. The van der Waals surface area contributed by atoms with Crippen LogP contribution in [0.3, 0.4) is 0 Å². The highest BCUT2D eigenvalue weighted by Crippen LogP contribution is 2.06. The number of rotatable bonds is 5. The Morgan fingerprint density at radius 3 is 3.06 bits per heavy atom. The van der Waals surface area contributed by atoms with Crippen molar-refractivity contribution >= 4 is 6.09 Å². The van der Waals surface area contributed by atoms with Gasteiger partial charge in [-0.15, -0.1) is 12.3 Å². The second kappa shape index (κ2) is 6.64. The van der Waals surface area contributed by atoms with Crippen molar-refractivity contribution in [1.29, 1.82) is 0 Å². The molecular weight excluding hydrogens is 206 g/mol. The Kier molecular flexibility index (Phi) is 5.09. The fourth-order valence-electron chi connectivity index (χ4n) is 1.36. The molecule has 2 N–H and O–H groups in total. The fraction of sp³-hybridized carbons (Fsp3) is 0.455. The monoisotopic (exact) mass is 221 g/mol. The molecule has 1 aromatic heterocycles. The van der Waals surface area contributed by atoms with Gasteiger partial charge in [0.2, 0.25) is 0 Å². The molecule has 0 atom stereocenters. The molecule has 0 aliphatic rings. The predicted octanol–water partition coefficient (Wildman–Crippen LogP) is 1.48. The maximum atomic E-state index is 11.0. The third-order valence-corrected chi connectivity index (χ3v) is 2.20. The molecule has 5 heteroatoms. The van der Waals surface area contributed by atoms with E-state index < -0.39 is 6.09 Å². The second-order valence-electron chi connectivity index (χ2n) is 3.42. The van der Waals surface area contributed by atoms with Gasteiger partial charge in [-0.05, 0) is 19.3 Å². The lowest BCUT2D eigenvalue weighted by atomic mass is 10.1. The number of aryl methyl sites for hydroxylation is 1. The van der Waals surface area contributed by atoms with E-state index >= 15 is 0 Å². The van der Waals surface area contributed by atoms with E-state index in [4.69, 9.17) is 12.3 Å². The Hall–Kier alpha value is -1.80. The largest absolute Gasteiger partial charge is 0.438 e. The first-order chi connectivity index (χ1) is 7.77. The Balaban J connectivity index is 2.30. The standard InChI is InChI=1S/C11H15N3O2/c1-2-3-4-5-6-7-10-8-14(9-13-10)11(15)16-12/h1,8-9H,3-7,12H2. The zero-order chi connectivity index (χ0) is 11.8. The Labute approximate surface area is 94.6 Å². The zero-order valence-corrected chi connectivity index (χ0v) is 9.06. The Morgan fingerprint density at radius 1 is 1.56 bits per heavy atom. The number of hydrogen-bond donors (Lipinski definition) is 1. The smallest absolute Gasteiger partial charge is 0.356 e. The van der Waals surface area contributed by atoms with Gasteiger partial charge in [0.1, 0.15) is 6.33 Å². The van der Waals surface area contributed by atoms with E-state index in [9.17, 15) is 4.79 Å². The topological polar surface area (TPSA) is 70.1 Å². The molecule has 0 aromatic carbocycles. The van der Waals surface area contributed by atoms with Gasteiger partial charge in [0.15, 0.2) is 0 Å². The van der Waals surface area contributed by atoms with Crippen molar-refractivity contribution in [3.05, 3.63) is 18.2 Å². The molecule has 0 saturated heterocycles. The SMILES string of the molecule is C#CCCCCCc1cn(C(=O)ON)cn1. The first-order valence-corrected chi connectivity index (χ1v) is 5.15. The summed E-state index contributed by atoms with van der Waals surface area (Å²) in [7, 11) is 0. The molecule has 0 spiro atoms. The maximum Gasteiger partial charge on any atom is 0.438 e. The van der Waals surface area contributed by atoms with Crippen molar-refractivity contribution in [3.8, 4) is 12.3 Å². The Morgan fingerprint density at radius 2 is 2.38 bits per heavy atom. The molecule has 0 unspecified atom stereocenters. The van der Waals surface area contributed by atoms with Gasteiger partial charge in [-0.2, -0.15) is 5.90 Å². The van der Waals surface area contributed by atoms with Crippen molar-refractivity contribution in [3.63, 3.8) is 0 Å². The molecule has 0 saturated carbocycles. The molecule has 0 aliphatic heterocycles. The van der Waals surface area contributed by atoms with Crippen molar-refractivity contribution in [2.75, 3.05) is 0 Å². The minimum absolute atomic E-state index is 0.633. The van der Waals surface area contributed by atoms with Gasteiger partial charge in [0.05, 0.1) is 5.69 Å². The fourth-order valence-corrected chi connectivity index (χ4v) is 1.36. The number of aromatic nitrogens is 2. The minimum atomic E-state index is -0.633. The summed E-state index contributed by atoms with van der Waals surface area (Å²) in [5.41, 5.74) is 0.853. The number of nitrogens with two attached hydrogens (primary N) is 1. The van der Waals surface area contributed by atoms with Crippen LogP contribution in [0, 0.1) is 12.3 Å². The molecule has 0 aliphatic carbocycles. The average Bonchev–Trinajstić information content (AvgIpc) is 2.76. The van der Waals surface area contributed by atoms with Crippen LogP contribution in [0.4, 0.5) is 4.79 Å². The van der Waals surface area contributed by atoms with E-state index in [2.05, 4.69) is 15.7 Å². The van der Waals surface area contributed by atoms with Crippen molar-refractivity contribution in [2.24, 2.45) is 5.90 Å². The van der Waals surface area contributed by atoms with Crippen LogP contribution < -0.4 is 5.90 Å². The summed E-state index contributed by atoms with van der Waals surface area (Å²) in [6.45, 7) is 0. The maximum absolute atomic E-state index is 11.0. The van der Waals surface area contributed by atoms with Gasteiger partial charge in [-0.3, -0.25) is 0 Å². The van der Waals surface area contributed by atoms with E-state index in [0.717, 1.165) is 37.8 Å². The molecule has 86 valence electrons. The predicted molar refractivity (Wildman–Crippen MR) is 59.3 cm³/mol. The summed E-state index contributed by atoms with van der Waals surface area (Å²) in [5, 5.41) is 0. The van der Waals surface area contributed by atoms with Crippen LogP contribution in [0.25, 0.3) is 0 Å². The first-order valence-electron chi connectivity index (χ1n) is 5.15. The van der Waals surface area contributed by atoms with Crippen LogP contribution in [-0.4, -0.2) is 15.6 Å². The highest BCUT2D eigenvalue weighted by atomic mass is 16.7. The molecule has 1 rings (SSSR count). The summed E-state index contributed by atoms with van der Waals surface area (Å²) in [6, 6.07) is 0. The van der Waals surface area contributed by atoms with Crippen LogP contribution in [0.5, 0.6) is 0 Å². The normalized spacial score (nSPS) is 9.75. The molecule has 0 fully saturated rings. The highest BCUT2D eigenvalue weighted by Gasteiger charge is 2.05. The van der Waals surface area contributed by atoms with Gasteiger partial charge in [-0.1, -0.05) is 6.42 Å². The third kappa shape index (κ3) is 3.75. The van der Waals surface area contributed by atoms with Gasteiger partial charge in [-0.25, -0.2) is 14.3 Å². The Bertz CT molecular complexity index is 379. The van der Waals surface area contributed by atoms with Crippen molar-refractivity contribution < 1.29 is 9.63 Å². The van der Waals surface area contributed by atoms with Crippen LogP contribution in [0.1, 0.15) is 31.4 Å². The number of unbranched alkanes of at least 4 members (excludes halogenated alkanes) is 3. The molecule has 16 heavy (non-hydrogen) atoms. The first kappa shape index (κ1) is 12.3. The average molecular weight is 221 g/mol. The molecule has 0 amide bonds. The van der Waals surface area contributed by atoms with E-state index in [1.54, 1.807) is 6.20 Å². The van der Waals surface area contributed by atoms with E-state index in [1.807, 2.05) is 0 Å². The third-order valence-electron chi connectivity index (χ3n) is 2.20. The number of carbonyl (C=O) groups is 1. The van der Waals surface area contributed by atoms with Crippen LogP contribution in [0.2, 0.25) is 0 Å². The lowest BCUT2D eigenvalue weighted by molar-refractivity contribution is 0.149. The van der Waals surface area contributed by atoms with Crippen molar-refractivity contribution in [2.45, 2.75) is 32.1 Å². The molecule has 0 radical (unpaired) electrons. The van der Waals surface area contributed by atoms with E-state index in [1.165, 1.54) is 10.9 Å². The molecule has 5 nitrogen and oxygen atoms in total. The molecule has 1 aromatic rings. The molecular formula is C11H15N3O2. The lowest BCUT2D eigenvalue weighted by Crippen LogP contribution is -2.15. The summed E-state index contributed by atoms with van der Waals surface area (Å²) in [4.78, 5) is 19.1. The number of carbonyl (C=O) groups excluding carboxylic acids is 1. The summed E-state index contributed by atoms with van der Waals surface area (Å²) in [6.07, 6.45) is 12.3. The van der Waals surface area contributed by atoms with Crippen LogP contribution in [-0.2, 0) is 11.3 Å². The minimum Gasteiger partial charge on any atom is -0.356 e. The zero-order valence-electron chi connectivity index (χ0n) is 9.06. The summed E-state index contributed by atoms with van der Waals surface area (Å²) < 4.78 is 1.22. The van der Waals surface area contributed by atoms with Crippen LogP contribution in [0.15, 0.2) is 12.5 Å². The van der Waals surface area contributed by atoms with Gasteiger partial charge < -0.3 is 4.84 Å². The molecule has 0 bridgehead atoms. The van der Waals surface area contributed by atoms with Crippen molar-refractivity contribution in [1.82, 2.24) is 9.55 Å². The second-order valence-corrected chi connectivity index (χ2v) is 3.42. The lowest BCUT2D eigenvalue weighted by Gasteiger charge is -1.96. The van der Waals surface area contributed by atoms with Crippen LogP contribution >= 0.6 is 0 Å². The van der Waals surface area contributed by atoms with Gasteiger partial charge >= 0.3 is 6.09 Å². The van der Waals surface area contributed by atoms with Gasteiger partial charge in [0, 0.05) is 12.6 Å². The summed E-state index contributed by atoms with van der Waals surface area (Å²) >= 11 is 0. The number of nitrogens with zero attached hydrogens (tertiary/aromatic N) is 2.